The smallest absolute Gasteiger partial charge is 0.303 e. The maximum Gasteiger partial charge on any atom is 0.303 e. The summed E-state index contributed by atoms with van der Waals surface area (Å²) in [4.78, 5) is 10.4. The van der Waals surface area contributed by atoms with Gasteiger partial charge in [-0.05, 0) is 18.3 Å². The SMILES string of the molecule is N#CCSCC1(CC(=O)O)CC1. The van der Waals surface area contributed by atoms with Crippen molar-refractivity contribution in [2.45, 2.75) is 19.3 Å². The Morgan fingerprint density at radius 2 is 2.33 bits per heavy atom. The van der Waals surface area contributed by atoms with Crippen LogP contribution in [0.5, 0.6) is 0 Å². The molecule has 12 heavy (non-hydrogen) atoms. The molecule has 4 heteroatoms. The van der Waals surface area contributed by atoms with Crippen molar-refractivity contribution in [3.05, 3.63) is 0 Å². The van der Waals surface area contributed by atoms with Crippen molar-refractivity contribution < 1.29 is 9.90 Å². The molecule has 0 aromatic heterocycles. The Kier molecular flexibility index (Phi) is 2.99. The van der Waals surface area contributed by atoms with Crippen LogP contribution in [0.4, 0.5) is 0 Å². The minimum atomic E-state index is -0.718. The minimum absolute atomic E-state index is 0.0351. The first kappa shape index (κ1) is 9.40. The first-order valence-electron chi connectivity index (χ1n) is 3.85. The second-order valence-electron chi connectivity index (χ2n) is 3.22. The van der Waals surface area contributed by atoms with Crippen LogP contribution in [-0.4, -0.2) is 22.6 Å². The van der Waals surface area contributed by atoms with Crippen LogP contribution < -0.4 is 0 Å². The highest BCUT2D eigenvalue weighted by molar-refractivity contribution is 7.99. The van der Waals surface area contributed by atoms with Crippen molar-refractivity contribution in [3.8, 4) is 6.07 Å². The molecule has 1 saturated carbocycles. The van der Waals surface area contributed by atoms with Crippen molar-refractivity contribution in [2.24, 2.45) is 5.41 Å². The van der Waals surface area contributed by atoms with Gasteiger partial charge in [-0.1, -0.05) is 0 Å². The van der Waals surface area contributed by atoms with E-state index in [1.165, 1.54) is 0 Å². The van der Waals surface area contributed by atoms with Gasteiger partial charge in [0.25, 0.3) is 0 Å². The molecule has 0 amide bonds. The van der Waals surface area contributed by atoms with Gasteiger partial charge in [-0.25, -0.2) is 0 Å². The third-order valence-corrected chi connectivity index (χ3v) is 3.21. The maximum absolute atomic E-state index is 10.4. The summed E-state index contributed by atoms with van der Waals surface area (Å²) < 4.78 is 0. The van der Waals surface area contributed by atoms with Gasteiger partial charge in [0.1, 0.15) is 0 Å². The lowest BCUT2D eigenvalue weighted by Crippen LogP contribution is -2.11. The van der Waals surface area contributed by atoms with Gasteiger partial charge in [-0.3, -0.25) is 4.79 Å². The number of nitrogens with zero attached hydrogens (tertiary/aromatic N) is 1. The number of hydrogen-bond donors (Lipinski definition) is 1. The number of nitriles is 1. The standard InChI is InChI=1S/C8H11NO2S/c9-3-4-12-6-8(1-2-8)5-7(10)11/h1-2,4-6H2,(H,10,11). The third-order valence-electron chi connectivity index (χ3n) is 2.06. The predicted molar refractivity (Wildman–Crippen MR) is 46.9 cm³/mol. The summed E-state index contributed by atoms with van der Waals surface area (Å²) >= 11 is 1.54. The molecule has 1 aliphatic carbocycles. The first-order valence-corrected chi connectivity index (χ1v) is 5.00. The molecule has 0 atom stereocenters. The van der Waals surface area contributed by atoms with E-state index in [0.29, 0.717) is 5.75 Å². The zero-order chi connectivity index (χ0) is 9.03. The van der Waals surface area contributed by atoms with E-state index in [-0.39, 0.29) is 11.8 Å². The number of rotatable bonds is 5. The monoisotopic (exact) mass is 185 g/mol. The summed E-state index contributed by atoms with van der Waals surface area (Å²) in [5.74, 6) is 0.582. The van der Waals surface area contributed by atoms with Crippen molar-refractivity contribution in [1.29, 1.82) is 5.26 Å². The number of carbonyl (C=O) groups is 1. The Labute approximate surface area is 75.8 Å². The first-order chi connectivity index (χ1) is 5.68. The van der Waals surface area contributed by atoms with E-state index in [9.17, 15) is 4.79 Å². The zero-order valence-corrected chi connectivity index (χ0v) is 7.56. The normalized spacial score (nSPS) is 18.2. The van der Waals surface area contributed by atoms with E-state index < -0.39 is 5.97 Å². The van der Waals surface area contributed by atoms with E-state index in [1.807, 2.05) is 6.07 Å². The van der Waals surface area contributed by atoms with Crippen LogP contribution in [0.3, 0.4) is 0 Å². The molecular formula is C8H11NO2S. The van der Waals surface area contributed by atoms with Crippen molar-refractivity contribution >= 4 is 17.7 Å². The molecule has 0 aromatic carbocycles. The predicted octanol–water partition coefficient (Wildman–Crippen LogP) is 1.50. The molecule has 3 nitrogen and oxygen atoms in total. The van der Waals surface area contributed by atoms with Crippen LogP contribution in [0, 0.1) is 16.7 Å². The number of hydrogen-bond acceptors (Lipinski definition) is 3. The third kappa shape index (κ3) is 2.74. The van der Waals surface area contributed by atoms with Gasteiger partial charge in [0.15, 0.2) is 0 Å². The molecule has 0 saturated heterocycles. The fraction of sp³-hybridized carbons (Fsp3) is 0.750. The molecule has 0 aromatic rings. The average molecular weight is 185 g/mol. The van der Waals surface area contributed by atoms with Gasteiger partial charge >= 0.3 is 5.97 Å². The number of aliphatic carboxylic acids is 1. The fourth-order valence-electron chi connectivity index (χ4n) is 1.18. The lowest BCUT2D eigenvalue weighted by Gasteiger charge is -2.09. The molecule has 1 N–H and O–H groups in total. The second-order valence-corrected chi connectivity index (χ2v) is 4.21. The van der Waals surface area contributed by atoms with Crippen LogP contribution in [-0.2, 0) is 4.79 Å². The molecule has 0 radical (unpaired) electrons. The van der Waals surface area contributed by atoms with Gasteiger partial charge in [-0.15, -0.1) is 11.8 Å². The molecule has 1 rings (SSSR count). The molecule has 0 bridgehead atoms. The van der Waals surface area contributed by atoms with Crippen LogP contribution >= 0.6 is 11.8 Å². The number of carboxylic acid groups (broad SMARTS) is 1. The van der Waals surface area contributed by atoms with E-state index >= 15 is 0 Å². The number of thioether (sulfide) groups is 1. The lowest BCUT2D eigenvalue weighted by molar-refractivity contribution is -0.138. The summed E-state index contributed by atoms with van der Waals surface area (Å²) in [5, 5.41) is 16.8. The largest absolute Gasteiger partial charge is 0.481 e. The number of carboxylic acids is 1. The maximum atomic E-state index is 10.4. The lowest BCUT2D eigenvalue weighted by atomic mass is 10.1. The summed E-state index contributed by atoms with van der Waals surface area (Å²) in [5.41, 5.74) is 0.0351. The Balaban J connectivity index is 2.21. The second kappa shape index (κ2) is 3.81. The quantitative estimate of drug-likeness (QED) is 0.659. The Bertz CT molecular complexity index is 218. The molecule has 0 spiro atoms. The topological polar surface area (TPSA) is 61.1 Å². The molecule has 0 aliphatic heterocycles. The molecule has 0 heterocycles. The molecule has 66 valence electrons. The summed E-state index contributed by atoms with van der Waals surface area (Å²) in [6.07, 6.45) is 2.29. The van der Waals surface area contributed by atoms with Crippen LogP contribution in [0.1, 0.15) is 19.3 Å². The molecule has 1 aliphatic rings. The summed E-state index contributed by atoms with van der Waals surface area (Å²) in [6.45, 7) is 0. The van der Waals surface area contributed by atoms with E-state index in [0.717, 1.165) is 18.6 Å². The molecular weight excluding hydrogens is 174 g/mol. The highest BCUT2D eigenvalue weighted by Crippen LogP contribution is 2.50. The van der Waals surface area contributed by atoms with E-state index in [2.05, 4.69) is 0 Å². The molecule has 0 unspecified atom stereocenters. The van der Waals surface area contributed by atoms with E-state index in [4.69, 9.17) is 10.4 Å². The Morgan fingerprint density at radius 1 is 1.67 bits per heavy atom. The van der Waals surface area contributed by atoms with E-state index in [1.54, 1.807) is 11.8 Å². The van der Waals surface area contributed by atoms with Crippen LogP contribution in [0.15, 0.2) is 0 Å². The Hall–Kier alpha value is -0.690. The Morgan fingerprint density at radius 3 is 2.75 bits per heavy atom. The average Bonchev–Trinajstić information content (AvgIpc) is 2.69. The van der Waals surface area contributed by atoms with Gasteiger partial charge < -0.3 is 5.11 Å². The van der Waals surface area contributed by atoms with Gasteiger partial charge in [-0.2, -0.15) is 5.26 Å². The summed E-state index contributed by atoms with van der Waals surface area (Å²) in [6, 6.07) is 2.04. The van der Waals surface area contributed by atoms with Crippen molar-refractivity contribution in [1.82, 2.24) is 0 Å². The van der Waals surface area contributed by atoms with Gasteiger partial charge in [0.05, 0.1) is 18.2 Å². The highest BCUT2D eigenvalue weighted by Gasteiger charge is 2.43. The van der Waals surface area contributed by atoms with Crippen molar-refractivity contribution in [2.75, 3.05) is 11.5 Å². The molecule has 1 fully saturated rings. The highest BCUT2D eigenvalue weighted by atomic mass is 32.2. The van der Waals surface area contributed by atoms with Crippen molar-refractivity contribution in [3.63, 3.8) is 0 Å². The fourth-order valence-corrected chi connectivity index (χ4v) is 2.20. The summed E-state index contributed by atoms with van der Waals surface area (Å²) in [7, 11) is 0. The van der Waals surface area contributed by atoms with Crippen LogP contribution in [0.25, 0.3) is 0 Å². The minimum Gasteiger partial charge on any atom is -0.481 e. The van der Waals surface area contributed by atoms with Gasteiger partial charge in [0, 0.05) is 5.75 Å². The zero-order valence-electron chi connectivity index (χ0n) is 6.75. The van der Waals surface area contributed by atoms with Gasteiger partial charge in [0.2, 0.25) is 0 Å². The van der Waals surface area contributed by atoms with Crippen LogP contribution in [0.2, 0.25) is 0 Å².